The normalized spacial score (nSPS) is 12.9. The van der Waals surface area contributed by atoms with Crippen LogP contribution in [0.5, 0.6) is 11.5 Å². The number of hydrogen-bond donors (Lipinski definition) is 0. The monoisotopic (exact) mass is 391 g/mol. The van der Waals surface area contributed by atoms with Gasteiger partial charge in [0.2, 0.25) is 0 Å². The fraction of sp³-hybridized carbons (Fsp3) is 0.300. The third-order valence-corrected chi connectivity index (χ3v) is 4.50. The number of halogens is 2. The first-order chi connectivity index (χ1) is 13.4. The van der Waals surface area contributed by atoms with Crippen molar-refractivity contribution in [1.29, 1.82) is 0 Å². The van der Waals surface area contributed by atoms with Crippen LogP contribution in [0.15, 0.2) is 30.3 Å². The van der Waals surface area contributed by atoms with Gasteiger partial charge in [0.05, 0.1) is 19.8 Å². The zero-order chi connectivity index (χ0) is 20.3. The quantitative estimate of drug-likeness (QED) is 0.734. The van der Waals surface area contributed by atoms with Crippen LogP contribution in [0.4, 0.5) is 8.78 Å². The molecule has 28 heavy (non-hydrogen) atoms. The topological polar surface area (TPSA) is 65.1 Å². The number of amides is 1. The van der Waals surface area contributed by atoms with Crippen LogP contribution in [0.25, 0.3) is 0 Å². The summed E-state index contributed by atoms with van der Waals surface area (Å²) in [5.41, 5.74) is 1.68. The minimum Gasteiger partial charge on any atom is -0.493 e. The second kappa shape index (κ2) is 8.24. The molecule has 0 unspecified atom stereocenters. The molecule has 0 aromatic heterocycles. The van der Waals surface area contributed by atoms with E-state index in [-0.39, 0.29) is 5.56 Å². The van der Waals surface area contributed by atoms with Crippen LogP contribution in [0.1, 0.15) is 21.5 Å². The van der Waals surface area contributed by atoms with Crippen LogP contribution in [-0.4, -0.2) is 44.1 Å². The van der Waals surface area contributed by atoms with Crippen molar-refractivity contribution in [3.8, 4) is 11.5 Å². The molecule has 0 N–H and O–H groups in total. The molecule has 1 aliphatic heterocycles. The second-order valence-electron chi connectivity index (χ2n) is 6.28. The van der Waals surface area contributed by atoms with E-state index in [4.69, 9.17) is 14.2 Å². The summed E-state index contributed by atoms with van der Waals surface area (Å²) in [5, 5.41) is 0. The summed E-state index contributed by atoms with van der Waals surface area (Å²) in [6.07, 6.45) is 0.616. The lowest BCUT2D eigenvalue weighted by Crippen LogP contribution is -2.38. The number of carbonyl (C=O) groups excluding carboxylic acids is 2. The SMILES string of the molecule is COc1cc2c(cc1OC)CN(C(=O)COC(=O)c1cc(F)cc(F)c1)CC2. The summed E-state index contributed by atoms with van der Waals surface area (Å²) in [4.78, 5) is 25.9. The van der Waals surface area contributed by atoms with Crippen molar-refractivity contribution in [2.75, 3.05) is 27.4 Å². The van der Waals surface area contributed by atoms with Gasteiger partial charge in [0.25, 0.3) is 5.91 Å². The Hall–Kier alpha value is -3.16. The zero-order valence-electron chi connectivity index (χ0n) is 15.5. The summed E-state index contributed by atoms with van der Waals surface area (Å²) in [6, 6.07) is 6.05. The van der Waals surface area contributed by atoms with Gasteiger partial charge in [-0.2, -0.15) is 0 Å². The molecule has 0 saturated carbocycles. The lowest BCUT2D eigenvalue weighted by molar-refractivity contribution is -0.135. The number of benzene rings is 2. The highest BCUT2D eigenvalue weighted by Gasteiger charge is 2.24. The number of hydrogen-bond acceptors (Lipinski definition) is 5. The Morgan fingerprint density at radius 3 is 2.18 bits per heavy atom. The Labute approximate surface area is 160 Å². The van der Waals surface area contributed by atoms with E-state index in [9.17, 15) is 18.4 Å². The van der Waals surface area contributed by atoms with Crippen LogP contribution < -0.4 is 9.47 Å². The fourth-order valence-corrected chi connectivity index (χ4v) is 3.07. The molecule has 2 aromatic rings. The van der Waals surface area contributed by atoms with Crippen molar-refractivity contribution in [3.05, 3.63) is 58.7 Å². The molecule has 0 spiro atoms. The second-order valence-corrected chi connectivity index (χ2v) is 6.28. The van der Waals surface area contributed by atoms with E-state index in [1.807, 2.05) is 12.1 Å². The molecule has 3 rings (SSSR count). The van der Waals surface area contributed by atoms with E-state index in [1.165, 1.54) is 7.11 Å². The van der Waals surface area contributed by atoms with Crippen molar-refractivity contribution in [3.63, 3.8) is 0 Å². The first kappa shape index (κ1) is 19.6. The van der Waals surface area contributed by atoms with Crippen molar-refractivity contribution >= 4 is 11.9 Å². The molecule has 0 aliphatic carbocycles. The summed E-state index contributed by atoms with van der Waals surface area (Å²) in [5.74, 6) is -1.96. The van der Waals surface area contributed by atoms with E-state index < -0.39 is 30.1 Å². The fourth-order valence-electron chi connectivity index (χ4n) is 3.07. The Balaban J connectivity index is 1.64. The smallest absolute Gasteiger partial charge is 0.338 e. The molecular weight excluding hydrogens is 372 g/mol. The summed E-state index contributed by atoms with van der Waals surface area (Å²) in [7, 11) is 3.09. The number of nitrogens with zero attached hydrogens (tertiary/aromatic N) is 1. The first-order valence-corrected chi connectivity index (χ1v) is 8.56. The Bertz CT molecular complexity index is 895. The van der Waals surface area contributed by atoms with Gasteiger partial charge >= 0.3 is 5.97 Å². The maximum absolute atomic E-state index is 13.2. The van der Waals surface area contributed by atoms with Gasteiger partial charge in [-0.05, 0) is 41.8 Å². The van der Waals surface area contributed by atoms with Crippen molar-refractivity contribution in [2.24, 2.45) is 0 Å². The molecule has 1 aliphatic rings. The number of fused-ring (bicyclic) bond motifs is 1. The Morgan fingerprint density at radius 1 is 0.964 bits per heavy atom. The van der Waals surface area contributed by atoms with Gasteiger partial charge in [0.15, 0.2) is 18.1 Å². The predicted octanol–water partition coefficient (Wildman–Crippen LogP) is 2.72. The van der Waals surface area contributed by atoms with Crippen LogP contribution in [-0.2, 0) is 22.5 Å². The molecule has 0 saturated heterocycles. The number of ether oxygens (including phenoxy) is 3. The Kier molecular flexibility index (Phi) is 5.77. The van der Waals surface area contributed by atoms with Gasteiger partial charge in [-0.3, -0.25) is 4.79 Å². The van der Waals surface area contributed by atoms with Crippen LogP contribution in [0.3, 0.4) is 0 Å². The van der Waals surface area contributed by atoms with Crippen LogP contribution in [0.2, 0.25) is 0 Å². The average Bonchev–Trinajstić information content (AvgIpc) is 2.69. The largest absolute Gasteiger partial charge is 0.493 e. The predicted molar refractivity (Wildman–Crippen MR) is 95.3 cm³/mol. The molecule has 0 bridgehead atoms. The van der Waals surface area contributed by atoms with Crippen LogP contribution in [0, 0.1) is 11.6 Å². The molecule has 2 aromatic carbocycles. The molecule has 1 heterocycles. The number of rotatable bonds is 5. The third-order valence-electron chi connectivity index (χ3n) is 4.50. The summed E-state index contributed by atoms with van der Waals surface area (Å²) in [6.45, 7) is 0.272. The molecule has 6 nitrogen and oxygen atoms in total. The highest BCUT2D eigenvalue weighted by molar-refractivity contribution is 5.91. The van der Waals surface area contributed by atoms with E-state index in [2.05, 4.69) is 0 Å². The minimum absolute atomic E-state index is 0.286. The van der Waals surface area contributed by atoms with E-state index in [0.717, 1.165) is 23.3 Å². The Morgan fingerprint density at radius 2 is 1.57 bits per heavy atom. The number of methoxy groups -OCH3 is 2. The van der Waals surface area contributed by atoms with Gasteiger partial charge in [0.1, 0.15) is 11.6 Å². The molecule has 0 radical (unpaired) electrons. The van der Waals surface area contributed by atoms with Crippen LogP contribution >= 0.6 is 0 Å². The highest BCUT2D eigenvalue weighted by Crippen LogP contribution is 2.33. The van der Waals surface area contributed by atoms with Gasteiger partial charge in [-0.15, -0.1) is 0 Å². The summed E-state index contributed by atoms with van der Waals surface area (Å²) >= 11 is 0. The molecular formula is C20H19F2NO5. The number of carbonyl (C=O) groups is 2. The molecule has 0 fully saturated rings. The molecule has 148 valence electrons. The van der Waals surface area contributed by atoms with E-state index in [1.54, 1.807) is 12.0 Å². The molecule has 1 amide bonds. The van der Waals surface area contributed by atoms with Crippen molar-refractivity contribution < 1.29 is 32.6 Å². The standard InChI is InChI=1S/C20H19F2NO5/c1-26-17-7-12-3-4-23(10-14(12)8-18(17)27-2)19(24)11-28-20(25)13-5-15(21)9-16(22)6-13/h5-9H,3-4,10-11H2,1-2H3. The van der Waals surface area contributed by atoms with Gasteiger partial charge in [0, 0.05) is 19.2 Å². The van der Waals surface area contributed by atoms with Gasteiger partial charge < -0.3 is 19.1 Å². The highest BCUT2D eigenvalue weighted by atomic mass is 19.1. The lowest BCUT2D eigenvalue weighted by atomic mass is 9.99. The minimum atomic E-state index is -0.962. The van der Waals surface area contributed by atoms with Crippen molar-refractivity contribution in [1.82, 2.24) is 4.90 Å². The average molecular weight is 391 g/mol. The van der Waals surface area contributed by atoms with Gasteiger partial charge in [-0.1, -0.05) is 0 Å². The molecule has 0 atom stereocenters. The van der Waals surface area contributed by atoms with E-state index >= 15 is 0 Å². The van der Waals surface area contributed by atoms with Gasteiger partial charge in [-0.25, -0.2) is 13.6 Å². The maximum Gasteiger partial charge on any atom is 0.338 e. The third kappa shape index (κ3) is 4.21. The zero-order valence-corrected chi connectivity index (χ0v) is 15.5. The maximum atomic E-state index is 13.2. The lowest BCUT2D eigenvalue weighted by Gasteiger charge is -2.29. The summed E-state index contributed by atoms with van der Waals surface area (Å²) < 4.78 is 41.9. The van der Waals surface area contributed by atoms with Crippen molar-refractivity contribution in [2.45, 2.75) is 13.0 Å². The first-order valence-electron chi connectivity index (χ1n) is 8.56. The van der Waals surface area contributed by atoms with E-state index in [0.29, 0.717) is 37.1 Å². The number of esters is 1. The molecule has 8 heteroatoms.